The maximum absolute atomic E-state index is 12.2. The van der Waals surface area contributed by atoms with Gasteiger partial charge in [-0.1, -0.05) is 26.8 Å². The van der Waals surface area contributed by atoms with Crippen LogP contribution in [0, 0.1) is 5.41 Å². The molecular weight excluding hydrogens is 268 g/mol. The van der Waals surface area contributed by atoms with Crippen LogP contribution in [0.25, 0.3) is 0 Å². The summed E-state index contributed by atoms with van der Waals surface area (Å²) in [5.41, 5.74) is 6.67. The van der Waals surface area contributed by atoms with Gasteiger partial charge in [-0.15, -0.1) is 0 Å². The molecule has 116 valence electrons. The molecule has 0 saturated carbocycles. The van der Waals surface area contributed by atoms with Crippen LogP contribution < -0.4 is 20.5 Å². The van der Waals surface area contributed by atoms with Crippen LogP contribution >= 0.6 is 0 Å². The SMILES string of the molecule is CC(NC(=O)[C@@H](N)C(C)(C)C)c1ccc2c(c1)OCCO2. The second-order valence-electron chi connectivity index (χ2n) is 6.48. The van der Waals surface area contributed by atoms with Crippen LogP contribution in [0.15, 0.2) is 18.2 Å². The lowest BCUT2D eigenvalue weighted by Gasteiger charge is -2.28. The molecular formula is C16H24N2O3. The smallest absolute Gasteiger partial charge is 0.237 e. The van der Waals surface area contributed by atoms with E-state index >= 15 is 0 Å². The summed E-state index contributed by atoms with van der Waals surface area (Å²) in [5, 5.41) is 2.95. The number of rotatable bonds is 3. The number of hydrogen-bond donors (Lipinski definition) is 2. The Morgan fingerprint density at radius 2 is 1.86 bits per heavy atom. The van der Waals surface area contributed by atoms with Crippen molar-refractivity contribution < 1.29 is 14.3 Å². The maximum atomic E-state index is 12.2. The van der Waals surface area contributed by atoms with E-state index in [2.05, 4.69) is 5.32 Å². The van der Waals surface area contributed by atoms with Crippen LogP contribution in [-0.2, 0) is 4.79 Å². The van der Waals surface area contributed by atoms with Crippen molar-refractivity contribution in [1.29, 1.82) is 0 Å². The number of ether oxygens (including phenoxy) is 2. The van der Waals surface area contributed by atoms with Crippen LogP contribution in [0.3, 0.4) is 0 Å². The first-order chi connectivity index (χ1) is 9.79. The van der Waals surface area contributed by atoms with Gasteiger partial charge in [-0.2, -0.15) is 0 Å². The quantitative estimate of drug-likeness (QED) is 0.893. The Morgan fingerprint density at radius 3 is 2.48 bits per heavy atom. The van der Waals surface area contributed by atoms with Crippen LogP contribution in [0.1, 0.15) is 39.3 Å². The fourth-order valence-corrected chi connectivity index (χ4v) is 2.11. The summed E-state index contributed by atoms with van der Waals surface area (Å²) in [7, 11) is 0. The molecule has 1 aromatic carbocycles. The zero-order valence-corrected chi connectivity index (χ0v) is 13.1. The summed E-state index contributed by atoms with van der Waals surface area (Å²) in [6, 6.07) is 5.03. The number of nitrogens with one attached hydrogen (secondary N) is 1. The monoisotopic (exact) mass is 292 g/mol. The van der Waals surface area contributed by atoms with Crippen molar-refractivity contribution in [3.05, 3.63) is 23.8 Å². The molecule has 0 fully saturated rings. The zero-order valence-electron chi connectivity index (χ0n) is 13.1. The third-order valence-corrected chi connectivity index (χ3v) is 3.64. The topological polar surface area (TPSA) is 73.6 Å². The molecule has 5 nitrogen and oxygen atoms in total. The molecule has 1 amide bonds. The van der Waals surface area contributed by atoms with Gasteiger partial charge in [0.1, 0.15) is 13.2 Å². The summed E-state index contributed by atoms with van der Waals surface area (Å²) < 4.78 is 11.0. The molecule has 21 heavy (non-hydrogen) atoms. The summed E-state index contributed by atoms with van der Waals surface area (Å²) in [6.45, 7) is 8.90. The van der Waals surface area contributed by atoms with E-state index in [9.17, 15) is 4.79 Å². The molecule has 0 spiro atoms. The Labute approximate surface area is 125 Å². The molecule has 2 rings (SSSR count). The van der Waals surface area contributed by atoms with E-state index < -0.39 is 6.04 Å². The van der Waals surface area contributed by atoms with Gasteiger partial charge in [0.05, 0.1) is 12.1 Å². The standard InChI is InChI=1S/C16H24N2O3/c1-10(18-15(19)14(17)16(2,3)4)11-5-6-12-13(9-11)21-8-7-20-12/h5-6,9-10,14H,7-8,17H2,1-4H3,(H,18,19)/t10?,14-/m1/s1. The molecule has 1 aromatic rings. The average molecular weight is 292 g/mol. The molecule has 3 N–H and O–H groups in total. The first-order valence-electron chi connectivity index (χ1n) is 7.24. The second-order valence-corrected chi connectivity index (χ2v) is 6.48. The Hall–Kier alpha value is -1.75. The highest BCUT2D eigenvalue weighted by molar-refractivity contribution is 5.82. The van der Waals surface area contributed by atoms with Crippen molar-refractivity contribution in [2.45, 2.75) is 39.8 Å². The molecule has 1 aliphatic heterocycles. The van der Waals surface area contributed by atoms with Crippen LogP contribution in [-0.4, -0.2) is 25.2 Å². The highest BCUT2D eigenvalue weighted by atomic mass is 16.6. The van der Waals surface area contributed by atoms with Crippen molar-refractivity contribution in [2.24, 2.45) is 11.1 Å². The molecule has 0 aliphatic carbocycles. The number of nitrogens with two attached hydrogens (primary N) is 1. The fourth-order valence-electron chi connectivity index (χ4n) is 2.11. The minimum absolute atomic E-state index is 0.137. The number of carbonyl (C=O) groups excluding carboxylic acids is 1. The van der Waals surface area contributed by atoms with Crippen LogP contribution in [0.2, 0.25) is 0 Å². The van der Waals surface area contributed by atoms with Gasteiger partial charge in [-0.05, 0) is 30.0 Å². The third kappa shape index (κ3) is 3.67. The van der Waals surface area contributed by atoms with Gasteiger partial charge in [-0.3, -0.25) is 4.79 Å². The molecule has 0 radical (unpaired) electrons. The van der Waals surface area contributed by atoms with E-state index in [-0.39, 0.29) is 17.4 Å². The van der Waals surface area contributed by atoms with Gasteiger partial charge in [0, 0.05) is 0 Å². The Bertz CT molecular complexity index is 523. The molecule has 0 aromatic heterocycles. The minimum atomic E-state index is -0.544. The van der Waals surface area contributed by atoms with Crippen molar-refractivity contribution >= 4 is 5.91 Å². The minimum Gasteiger partial charge on any atom is -0.486 e. The van der Waals surface area contributed by atoms with Crippen LogP contribution in [0.4, 0.5) is 0 Å². The third-order valence-electron chi connectivity index (χ3n) is 3.64. The first-order valence-corrected chi connectivity index (χ1v) is 7.24. The van der Waals surface area contributed by atoms with E-state index in [0.29, 0.717) is 13.2 Å². The zero-order chi connectivity index (χ0) is 15.6. The highest BCUT2D eigenvalue weighted by Crippen LogP contribution is 2.32. The van der Waals surface area contributed by atoms with E-state index in [1.54, 1.807) is 0 Å². The first kappa shape index (κ1) is 15.6. The lowest BCUT2D eigenvalue weighted by Crippen LogP contribution is -2.49. The highest BCUT2D eigenvalue weighted by Gasteiger charge is 2.28. The van der Waals surface area contributed by atoms with Gasteiger partial charge < -0.3 is 20.5 Å². The normalized spacial score (nSPS) is 17.0. The predicted molar refractivity (Wildman–Crippen MR) is 81.4 cm³/mol. The Balaban J connectivity index is 2.07. The van der Waals surface area contributed by atoms with Crippen molar-refractivity contribution in [1.82, 2.24) is 5.32 Å². The van der Waals surface area contributed by atoms with E-state index in [1.807, 2.05) is 45.9 Å². The largest absolute Gasteiger partial charge is 0.486 e. The average Bonchev–Trinajstić information content (AvgIpc) is 2.44. The van der Waals surface area contributed by atoms with E-state index in [1.165, 1.54) is 0 Å². The summed E-state index contributed by atoms with van der Waals surface area (Å²) >= 11 is 0. The van der Waals surface area contributed by atoms with Crippen molar-refractivity contribution in [3.8, 4) is 11.5 Å². The van der Waals surface area contributed by atoms with E-state index in [0.717, 1.165) is 17.1 Å². The second kappa shape index (κ2) is 5.93. The number of fused-ring (bicyclic) bond motifs is 1. The van der Waals surface area contributed by atoms with Gasteiger partial charge in [0.2, 0.25) is 5.91 Å². The Kier molecular flexibility index (Phi) is 4.42. The van der Waals surface area contributed by atoms with Gasteiger partial charge >= 0.3 is 0 Å². The summed E-state index contributed by atoms with van der Waals surface area (Å²) in [5.74, 6) is 1.32. The Morgan fingerprint density at radius 1 is 1.24 bits per heavy atom. The van der Waals surface area contributed by atoms with Crippen LogP contribution in [0.5, 0.6) is 11.5 Å². The molecule has 1 heterocycles. The number of benzene rings is 1. The van der Waals surface area contributed by atoms with Gasteiger partial charge in [-0.25, -0.2) is 0 Å². The molecule has 0 saturated heterocycles. The number of hydrogen-bond acceptors (Lipinski definition) is 4. The summed E-state index contributed by atoms with van der Waals surface area (Å²) in [4.78, 5) is 12.2. The predicted octanol–water partition coefficient (Wildman–Crippen LogP) is 2.01. The summed E-state index contributed by atoms with van der Waals surface area (Å²) in [6.07, 6.45) is 0. The van der Waals surface area contributed by atoms with Gasteiger partial charge in [0.15, 0.2) is 11.5 Å². The molecule has 0 bridgehead atoms. The molecule has 5 heteroatoms. The molecule has 1 unspecified atom stereocenters. The number of amides is 1. The van der Waals surface area contributed by atoms with E-state index in [4.69, 9.17) is 15.2 Å². The maximum Gasteiger partial charge on any atom is 0.237 e. The number of carbonyl (C=O) groups is 1. The van der Waals surface area contributed by atoms with Crippen molar-refractivity contribution in [2.75, 3.05) is 13.2 Å². The molecule has 2 atom stereocenters. The van der Waals surface area contributed by atoms with Gasteiger partial charge in [0.25, 0.3) is 0 Å². The fraction of sp³-hybridized carbons (Fsp3) is 0.562. The lowest BCUT2D eigenvalue weighted by atomic mass is 9.86. The molecule has 1 aliphatic rings. The van der Waals surface area contributed by atoms with Crippen molar-refractivity contribution in [3.63, 3.8) is 0 Å². The lowest BCUT2D eigenvalue weighted by molar-refractivity contribution is -0.125.